The molecule has 1 atom stereocenters. The maximum atomic E-state index is 13.8. The van der Waals surface area contributed by atoms with E-state index in [0.717, 1.165) is 30.3 Å². The minimum absolute atomic E-state index is 0.0290. The van der Waals surface area contributed by atoms with Gasteiger partial charge in [-0.2, -0.15) is 0 Å². The Morgan fingerprint density at radius 1 is 1.13 bits per heavy atom. The van der Waals surface area contributed by atoms with E-state index in [0.29, 0.717) is 6.07 Å². The molecule has 0 saturated carbocycles. The molecule has 0 saturated heterocycles. The van der Waals surface area contributed by atoms with Gasteiger partial charge >= 0.3 is 0 Å². The van der Waals surface area contributed by atoms with Crippen LogP contribution >= 0.6 is 34.8 Å². The van der Waals surface area contributed by atoms with E-state index in [1.54, 1.807) is 0 Å². The summed E-state index contributed by atoms with van der Waals surface area (Å²) in [5.74, 6) is -1.93. The first kappa shape index (κ1) is 23.3. The van der Waals surface area contributed by atoms with Crippen molar-refractivity contribution in [1.82, 2.24) is 0 Å². The third-order valence-electron chi connectivity index (χ3n) is 4.06. The lowest BCUT2D eigenvalue weighted by atomic mass is 10.1. The summed E-state index contributed by atoms with van der Waals surface area (Å²) in [6, 6.07) is 4.28. The summed E-state index contributed by atoms with van der Waals surface area (Å²) in [5.41, 5.74) is -0.792. The van der Waals surface area contributed by atoms with E-state index in [4.69, 9.17) is 39.5 Å². The van der Waals surface area contributed by atoms with Crippen molar-refractivity contribution in [2.24, 2.45) is 0 Å². The number of rotatable bonds is 6. The molecule has 0 amide bonds. The quantitative estimate of drug-likeness (QED) is 0.407. The number of ether oxygens (including phenoxy) is 1. The Kier molecular flexibility index (Phi) is 6.75. The van der Waals surface area contributed by atoms with Crippen LogP contribution in [0.5, 0.6) is 5.75 Å². The molecule has 0 bridgehead atoms. The third-order valence-corrected chi connectivity index (χ3v) is 6.32. The second-order valence-corrected chi connectivity index (χ2v) is 9.14. The van der Waals surface area contributed by atoms with Gasteiger partial charge in [-0.3, -0.25) is 14.8 Å². The van der Waals surface area contributed by atoms with Crippen molar-refractivity contribution in [2.45, 2.75) is 17.4 Å². The van der Waals surface area contributed by atoms with Crippen LogP contribution in [0.4, 0.5) is 14.5 Å². The molecule has 7 nitrogen and oxygen atoms in total. The molecule has 31 heavy (non-hydrogen) atoms. The first-order valence-electron chi connectivity index (χ1n) is 8.33. The maximum absolute atomic E-state index is 13.8. The first-order chi connectivity index (χ1) is 14.5. The van der Waals surface area contributed by atoms with Gasteiger partial charge in [0.2, 0.25) is 0 Å². The van der Waals surface area contributed by atoms with Crippen molar-refractivity contribution >= 4 is 50.5 Å². The Labute approximate surface area is 190 Å². The number of hydrogen-bond donors (Lipinski definition) is 1. The number of nitrogens with one attached hydrogen (secondary N) is 1. The molecule has 1 aliphatic rings. The van der Waals surface area contributed by atoms with E-state index in [1.807, 2.05) is 4.72 Å². The lowest BCUT2D eigenvalue weighted by Crippen LogP contribution is -2.20. The number of sulfonamides is 1. The average Bonchev–Trinajstić information content (AvgIpc) is 2.68. The Hall–Kier alpha value is -2.40. The third kappa shape index (κ3) is 5.27. The van der Waals surface area contributed by atoms with Gasteiger partial charge in [0, 0.05) is 18.6 Å². The molecule has 1 N–H and O–H groups in total. The monoisotopic (exact) mass is 510 g/mol. The van der Waals surface area contributed by atoms with Crippen LogP contribution < -0.4 is 9.46 Å². The molecule has 1 unspecified atom stereocenters. The second kappa shape index (κ2) is 8.99. The Morgan fingerprint density at radius 3 is 2.35 bits per heavy atom. The smallest absolute Gasteiger partial charge is 0.266 e. The molecule has 0 spiro atoms. The molecule has 0 aromatic heterocycles. The number of hydrogen-bond acceptors (Lipinski definition) is 5. The summed E-state index contributed by atoms with van der Waals surface area (Å²) in [4.78, 5) is 9.78. The molecule has 1 aliphatic carbocycles. The van der Waals surface area contributed by atoms with Gasteiger partial charge in [-0.25, -0.2) is 17.2 Å². The van der Waals surface area contributed by atoms with Gasteiger partial charge in [-0.15, -0.1) is 0 Å². The van der Waals surface area contributed by atoms with Gasteiger partial charge in [-0.05, 0) is 30.3 Å². The molecule has 3 rings (SSSR count). The molecule has 0 fully saturated rings. The fraction of sp³-hybridized carbons (Fsp3) is 0.111. The summed E-state index contributed by atoms with van der Waals surface area (Å²) in [5, 5.41) is 10.4. The van der Waals surface area contributed by atoms with Crippen LogP contribution in [0.1, 0.15) is 6.42 Å². The topological polar surface area (TPSA) is 98.5 Å². The van der Waals surface area contributed by atoms with E-state index in [2.05, 4.69) is 0 Å². The van der Waals surface area contributed by atoms with E-state index >= 15 is 0 Å². The molecule has 0 heterocycles. The molecule has 0 radical (unpaired) electrons. The highest BCUT2D eigenvalue weighted by molar-refractivity contribution is 7.92. The number of anilines is 1. The predicted octanol–water partition coefficient (Wildman–Crippen LogP) is 5.51. The zero-order valence-electron chi connectivity index (χ0n) is 15.1. The minimum atomic E-state index is -4.38. The number of nitro groups is 1. The highest BCUT2D eigenvalue weighted by Crippen LogP contribution is 2.39. The van der Waals surface area contributed by atoms with Gasteiger partial charge < -0.3 is 4.74 Å². The minimum Gasteiger partial charge on any atom is -0.481 e. The fourth-order valence-corrected chi connectivity index (χ4v) is 4.65. The van der Waals surface area contributed by atoms with Crippen molar-refractivity contribution in [1.29, 1.82) is 0 Å². The average molecular weight is 512 g/mol. The zero-order chi connectivity index (χ0) is 22.9. The summed E-state index contributed by atoms with van der Waals surface area (Å²) < 4.78 is 59.8. The number of benzene rings is 2. The lowest BCUT2D eigenvalue weighted by molar-refractivity contribution is -0.419. The highest BCUT2D eigenvalue weighted by atomic mass is 35.5. The van der Waals surface area contributed by atoms with Crippen LogP contribution in [0, 0.1) is 21.7 Å². The molecule has 2 aromatic rings. The van der Waals surface area contributed by atoms with Crippen molar-refractivity contribution < 1.29 is 26.9 Å². The van der Waals surface area contributed by atoms with E-state index in [9.17, 15) is 27.3 Å². The number of nitrogens with zero attached hydrogens (tertiary/aromatic N) is 1. The molecular formula is C18H11Cl3F2N2O5S. The van der Waals surface area contributed by atoms with Crippen LogP contribution in [0.3, 0.4) is 0 Å². The Morgan fingerprint density at radius 2 is 1.77 bits per heavy atom. The van der Waals surface area contributed by atoms with Gasteiger partial charge in [0.1, 0.15) is 17.7 Å². The van der Waals surface area contributed by atoms with Crippen LogP contribution in [0.2, 0.25) is 10.0 Å². The largest absolute Gasteiger partial charge is 0.481 e. The van der Waals surface area contributed by atoms with E-state index < -0.39 is 43.3 Å². The second-order valence-electron chi connectivity index (χ2n) is 6.20. The summed E-state index contributed by atoms with van der Waals surface area (Å²) in [7, 11) is -4.38. The van der Waals surface area contributed by atoms with Crippen molar-refractivity contribution in [3.63, 3.8) is 0 Å². The van der Waals surface area contributed by atoms with Gasteiger partial charge in [0.15, 0.2) is 5.75 Å². The summed E-state index contributed by atoms with van der Waals surface area (Å²) in [6.07, 6.45) is 1.64. The van der Waals surface area contributed by atoms with Crippen molar-refractivity contribution in [3.05, 3.63) is 85.0 Å². The molecule has 13 heteroatoms. The highest BCUT2D eigenvalue weighted by Gasteiger charge is 2.26. The summed E-state index contributed by atoms with van der Waals surface area (Å²) in [6.45, 7) is 0. The molecule has 2 aromatic carbocycles. The van der Waals surface area contributed by atoms with Crippen molar-refractivity contribution in [2.75, 3.05) is 4.72 Å². The van der Waals surface area contributed by atoms with E-state index in [-0.39, 0.29) is 32.9 Å². The van der Waals surface area contributed by atoms with Gasteiger partial charge in [-0.1, -0.05) is 34.8 Å². The SMILES string of the molecule is O=[N+]([O-])C1=CCC(Oc2c(Cl)cc(S(=O)(=O)Nc3cc(F)ccc3F)cc2Cl)C(Cl)=C1. The van der Waals surface area contributed by atoms with Gasteiger partial charge in [0.25, 0.3) is 15.7 Å². The molecule has 164 valence electrons. The zero-order valence-corrected chi connectivity index (χ0v) is 18.2. The fourth-order valence-electron chi connectivity index (χ4n) is 2.59. The van der Waals surface area contributed by atoms with Crippen LogP contribution in [-0.4, -0.2) is 19.4 Å². The standard InChI is InChI=1S/C18H11Cl3F2N2O5S/c19-12-6-10(25(26)27)2-4-17(12)30-18-13(20)7-11(8-14(18)21)31(28,29)24-16-5-9(22)1-3-15(16)23/h1-3,5-8,17,24H,4H2. The first-order valence-corrected chi connectivity index (χ1v) is 10.9. The van der Waals surface area contributed by atoms with E-state index in [1.165, 1.54) is 6.08 Å². The predicted molar refractivity (Wildman–Crippen MR) is 112 cm³/mol. The Bertz CT molecular complexity index is 1210. The lowest BCUT2D eigenvalue weighted by Gasteiger charge is -2.21. The van der Waals surface area contributed by atoms with Gasteiger partial charge in [0.05, 0.1) is 30.6 Å². The van der Waals surface area contributed by atoms with Crippen LogP contribution in [0.15, 0.2) is 58.1 Å². The normalized spacial score (nSPS) is 16.4. The Balaban J connectivity index is 1.86. The van der Waals surface area contributed by atoms with Crippen LogP contribution in [0.25, 0.3) is 0 Å². The molecule has 0 aliphatic heterocycles. The number of halogens is 5. The van der Waals surface area contributed by atoms with Crippen molar-refractivity contribution in [3.8, 4) is 5.75 Å². The number of allylic oxidation sites excluding steroid dienone is 1. The molecular weight excluding hydrogens is 501 g/mol. The van der Waals surface area contributed by atoms with Crippen LogP contribution in [-0.2, 0) is 10.0 Å². The summed E-state index contributed by atoms with van der Waals surface area (Å²) >= 11 is 18.3. The maximum Gasteiger partial charge on any atom is 0.266 e.